The lowest BCUT2D eigenvalue weighted by Crippen LogP contribution is -2.60. The first kappa shape index (κ1) is 18.0. The van der Waals surface area contributed by atoms with E-state index in [0.29, 0.717) is 0 Å². The van der Waals surface area contributed by atoms with E-state index >= 15 is 0 Å². The Kier molecular flexibility index (Phi) is 6.14. The Morgan fingerprint density at radius 2 is 1.55 bits per heavy atom. The van der Waals surface area contributed by atoms with Crippen molar-refractivity contribution >= 4 is 0 Å². The number of rotatable bonds is 4. The summed E-state index contributed by atoms with van der Waals surface area (Å²) < 4.78 is 27.2. The maximum Gasteiger partial charge on any atom is 0.187 e. The Morgan fingerprint density at radius 3 is 2.14 bits per heavy atom. The van der Waals surface area contributed by atoms with Crippen LogP contribution in [-0.2, 0) is 23.7 Å². The van der Waals surface area contributed by atoms with Gasteiger partial charge in [0.25, 0.3) is 0 Å². The summed E-state index contributed by atoms with van der Waals surface area (Å²) in [5, 5.41) is 29.9. The van der Waals surface area contributed by atoms with Gasteiger partial charge in [0, 0.05) is 20.6 Å². The zero-order valence-corrected chi connectivity index (χ0v) is 13.3. The van der Waals surface area contributed by atoms with Crippen molar-refractivity contribution in [3.05, 3.63) is 0 Å². The number of hydrogen-bond donors (Lipinski definition) is 3. The number of aliphatic hydroxyl groups is 3. The minimum absolute atomic E-state index is 0.264. The van der Waals surface area contributed by atoms with Crippen LogP contribution in [0.15, 0.2) is 0 Å². The van der Waals surface area contributed by atoms with Crippen molar-refractivity contribution in [2.45, 2.75) is 75.6 Å². The Labute approximate surface area is 129 Å². The molecule has 8 heteroatoms. The first-order valence-corrected chi connectivity index (χ1v) is 7.45. The molecule has 2 aliphatic heterocycles. The summed E-state index contributed by atoms with van der Waals surface area (Å²) in [6.45, 7) is 3.43. The fraction of sp³-hybridized carbons (Fsp3) is 1.00. The van der Waals surface area contributed by atoms with Crippen molar-refractivity contribution < 1.29 is 39.0 Å². The van der Waals surface area contributed by atoms with Crippen LogP contribution in [0.4, 0.5) is 0 Å². The molecule has 2 saturated heterocycles. The van der Waals surface area contributed by atoms with Crippen LogP contribution in [0.2, 0.25) is 0 Å². The standard InChI is InChI=1S/C14H26O8/c1-6-10(16)13(19-4)11(17)14(21-6)22-12-7(2)20-9(15)5-8(12)18-3/h6-17H,5H2,1-4H3/t6-,7-,8-,9+,10-,11-,12-,13+,14+/m1/s1. The number of aliphatic hydroxyl groups excluding tert-OH is 3. The lowest BCUT2D eigenvalue weighted by molar-refractivity contribution is -0.337. The fourth-order valence-corrected chi connectivity index (χ4v) is 2.99. The molecule has 0 amide bonds. The summed E-state index contributed by atoms with van der Waals surface area (Å²) in [7, 11) is 2.93. The molecule has 2 aliphatic rings. The second kappa shape index (κ2) is 7.50. The predicted molar refractivity (Wildman–Crippen MR) is 74.0 cm³/mol. The van der Waals surface area contributed by atoms with Crippen LogP contribution in [-0.4, -0.2) is 84.8 Å². The zero-order chi connectivity index (χ0) is 16.4. The summed E-state index contributed by atoms with van der Waals surface area (Å²) in [6.07, 6.45) is -6.42. The Hall–Kier alpha value is -0.320. The molecule has 0 bridgehead atoms. The summed E-state index contributed by atoms with van der Waals surface area (Å²) in [5.74, 6) is 0. The molecule has 0 spiro atoms. The summed E-state index contributed by atoms with van der Waals surface area (Å²) >= 11 is 0. The molecule has 8 nitrogen and oxygen atoms in total. The van der Waals surface area contributed by atoms with Crippen LogP contribution >= 0.6 is 0 Å². The molecule has 0 aromatic carbocycles. The van der Waals surface area contributed by atoms with Gasteiger partial charge in [-0.1, -0.05) is 0 Å². The maximum absolute atomic E-state index is 10.3. The van der Waals surface area contributed by atoms with Gasteiger partial charge in [0.15, 0.2) is 12.6 Å². The summed E-state index contributed by atoms with van der Waals surface area (Å²) in [4.78, 5) is 0. The fourth-order valence-electron chi connectivity index (χ4n) is 2.99. The molecular weight excluding hydrogens is 296 g/mol. The van der Waals surface area contributed by atoms with Gasteiger partial charge in [0.1, 0.15) is 24.4 Å². The van der Waals surface area contributed by atoms with Crippen LogP contribution in [0, 0.1) is 0 Å². The van der Waals surface area contributed by atoms with Crippen molar-refractivity contribution in [1.82, 2.24) is 0 Å². The normalized spacial score (nSPS) is 50.0. The molecule has 9 atom stereocenters. The van der Waals surface area contributed by atoms with Crippen molar-refractivity contribution in [2.75, 3.05) is 14.2 Å². The van der Waals surface area contributed by atoms with Crippen LogP contribution in [0.1, 0.15) is 20.3 Å². The highest BCUT2D eigenvalue weighted by molar-refractivity contribution is 4.90. The minimum Gasteiger partial charge on any atom is -0.388 e. The Morgan fingerprint density at radius 1 is 0.864 bits per heavy atom. The highest BCUT2D eigenvalue weighted by Crippen LogP contribution is 2.29. The molecule has 0 aliphatic carbocycles. The second-order valence-corrected chi connectivity index (χ2v) is 5.80. The van der Waals surface area contributed by atoms with Gasteiger partial charge in [-0.05, 0) is 13.8 Å². The van der Waals surface area contributed by atoms with Crippen LogP contribution < -0.4 is 0 Å². The van der Waals surface area contributed by atoms with E-state index in [4.69, 9.17) is 23.7 Å². The highest BCUT2D eigenvalue weighted by atomic mass is 16.7. The molecule has 0 radical (unpaired) electrons. The topological polar surface area (TPSA) is 107 Å². The molecule has 130 valence electrons. The van der Waals surface area contributed by atoms with Gasteiger partial charge in [-0.15, -0.1) is 0 Å². The van der Waals surface area contributed by atoms with E-state index in [1.165, 1.54) is 14.2 Å². The van der Waals surface area contributed by atoms with Crippen LogP contribution in [0.25, 0.3) is 0 Å². The van der Waals surface area contributed by atoms with Gasteiger partial charge in [0.2, 0.25) is 0 Å². The number of ether oxygens (including phenoxy) is 5. The smallest absolute Gasteiger partial charge is 0.187 e. The monoisotopic (exact) mass is 322 g/mol. The molecule has 0 aromatic heterocycles. The first-order chi connectivity index (χ1) is 10.4. The van der Waals surface area contributed by atoms with Gasteiger partial charge >= 0.3 is 0 Å². The molecule has 2 heterocycles. The van der Waals surface area contributed by atoms with Gasteiger partial charge in [-0.25, -0.2) is 0 Å². The average Bonchev–Trinajstić information content (AvgIpc) is 2.47. The van der Waals surface area contributed by atoms with Gasteiger partial charge in [-0.2, -0.15) is 0 Å². The predicted octanol–water partition coefficient (Wildman–Crippen LogP) is -1.00. The molecule has 3 N–H and O–H groups in total. The van der Waals surface area contributed by atoms with Crippen molar-refractivity contribution in [2.24, 2.45) is 0 Å². The average molecular weight is 322 g/mol. The third-order valence-electron chi connectivity index (χ3n) is 4.28. The molecule has 2 rings (SSSR count). The molecule has 0 unspecified atom stereocenters. The molecule has 2 fully saturated rings. The molecular formula is C14H26O8. The lowest BCUT2D eigenvalue weighted by Gasteiger charge is -2.44. The third kappa shape index (κ3) is 3.60. The largest absolute Gasteiger partial charge is 0.388 e. The van der Waals surface area contributed by atoms with E-state index in [1.807, 2.05) is 0 Å². The highest BCUT2D eigenvalue weighted by Gasteiger charge is 2.47. The van der Waals surface area contributed by atoms with Crippen molar-refractivity contribution in [3.8, 4) is 0 Å². The van der Waals surface area contributed by atoms with E-state index < -0.39 is 55.3 Å². The van der Waals surface area contributed by atoms with E-state index in [-0.39, 0.29) is 6.42 Å². The van der Waals surface area contributed by atoms with E-state index in [2.05, 4.69) is 0 Å². The second-order valence-electron chi connectivity index (χ2n) is 5.80. The summed E-state index contributed by atoms with van der Waals surface area (Å²) in [6, 6.07) is 0. The lowest BCUT2D eigenvalue weighted by atomic mass is 9.98. The van der Waals surface area contributed by atoms with E-state index in [0.717, 1.165) is 0 Å². The van der Waals surface area contributed by atoms with Crippen molar-refractivity contribution in [3.63, 3.8) is 0 Å². The minimum atomic E-state index is -1.15. The SMILES string of the molecule is CO[C@@H]1[C@@H](O)[C@H](O[C@@H]2[C@@H](C)O[C@H](O)C[C@H]2OC)O[C@H](C)[C@H]1O. The van der Waals surface area contributed by atoms with Crippen molar-refractivity contribution in [1.29, 1.82) is 0 Å². The number of hydrogen-bond acceptors (Lipinski definition) is 8. The van der Waals surface area contributed by atoms with Crippen LogP contribution in [0.5, 0.6) is 0 Å². The number of methoxy groups -OCH3 is 2. The Bertz CT molecular complexity index is 354. The quantitative estimate of drug-likeness (QED) is 0.605. The molecule has 0 aromatic rings. The van der Waals surface area contributed by atoms with E-state index in [1.54, 1.807) is 13.8 Å². The molecule has 0 saturated carbocycles. The first-order valence-electron chi connectivity index (χ1n) is 7.45. The molecule has 22 heavy (non-hydrogen) atoms. The van der Waals surface area contributed by atoms with Gasteiger partial charge in [-0.3, -0.25) is 0 Å². The van der Waals surface area contributed by atoms with Gasteiger partial charge < -0.3 is 39.0 Å². The third-order valence-corrected chi connectivity index (χ3v) is 4.28. The van der Waals surface area contributed by atoms with Crippen LogP contribution in [0.3, 0.4) is 0 Å². The maximum atomic E-state index is 10.3. The van der Waals surface area contributed by atoms with E-state index in [9.17, 15) is 15.3 Å². The zero-order valence-electron chi connectivity index (χ0n) is 13.3. The Balaban J connectivity index is 2.07. The van der Waals surface area contributed by atoms with Gasteiger partial charge in [0.05, 0.1) is 18.3 Å². The summed E-state index contributed by atoms with van der Waals surface area (Å²) in [5.41, 5.74) is 0.